The maximum Gasteiger partial charge on any atom is 0.237 e. The van der Waals surface area contributed by atoms with Gasteiger partial charge in [-0.25, -0.2) is 0 Å². The van der Waals surface area contributed by atoms with Gasteiger partial charge in [0.25, 0.3) is 0 Å². The minimum atomic E-state index is -0.598. The Morgan fingerprint density at radius 2 is 2.06 bits per heavy atom. The lowest BCUT2D eigenvalue weighted by molar-refractivity contribution is -0.140. The van der Waals surface area contributed by atoms with E-state index in [9.17, 15) is 4.79 Å². The van der Waals surface area contributed by atoms with Crippen molar-refractivity contribution in [3.05, 3.63) is 0 Å². The number of nitrogens with zero attached hydrogens (tertiary/aromatic N) is 1. The van der Waals surface area contributed by atoms with E-state index >= 15 is 0 Å². The molecule has 1 unspecified atom stereocenters. The van der Waals surface area contributed by atoms with Gasteiger partial charge in [-0.2, -0.15) is 0 Å². The second-order valence-corrected chi connectivity index (χ2v) is 5.87. The number of hydrogen-bond donors (Lipinski definition) is 1. The first kappa shape index (κ1) is 14.5. The zero-order valence-electron chi connectivity index (χ0n) is 11.7. The number of rotatable bonds is 4. The van der Waals surface area contributed by atoms with Crippen LogP contribution in [0.4, 0.5) is 0 Å². The normalized spacial score (nSPS) is 27.4. The highest BCUT2D eigenvalue weighted by Crippen LogP contribution is 2.34. The maximum absolute atomic E-state index is 11.5. The van der Waals surface area contributed by atoms with Gasteiger partial charge in [-0.05, 0) is 39.2 Å². The first-order valence-electron chi connectivity index (χ1n) is 6.36. The van der Waals surface area contributed by atoms with Gasteiger partial charge in [0.15, 0.2) is 0 Å². The Labute approximate surface area is 104 Å². The molecule has 0 bridgehead atoms. The maximum atomic E-state index is 11.5. The third-order valence-electron chi connectivity index (χ3n) is 4.34. The lowest BCUT2D eigenvalue weighted by Crippen LogP contribution is -2.62. The van der Waals surface area contributed by atoms with Crippen molar-refractivity contribution in [1.82, 2.24) is 4.90 Å². The fraction of sp³-hybridized carbons (Fsp3) is 0.923. The second kappa shape index (κ2) is 4.94. The number of hydrogen-bond acceptors (Lipinski definition) is 3. The lowest BCUT2D eigenvalue weighted by Gasteiger charge is -2.49. The van der Waals surface area contributed by atoms with Gasteiger partial charge < -0.3 is 10.5 Å². The van der Waals surface area contributed by atoms with E-state index in [-0.39, 0.29) is 11.5 Å². The Hall–Kier alpha value is -0.610. The molecule has 0 saturated carbocycles. The summed E-state index contributed by atoms with van der Waals surface area (Å²) in [7, 11) is 1.76. The molecule has 1 rings (SSSR count). The predicted molar refractivity (Wildman–Crippen MR) is 68.7 cm³/mol. The number of likely N-dealkylation sites (tertiary alicyclic amines) is 1. The summed E-state index contributed by atoms with van der Waals surface area (Å²) in [6, 6.07) is 0. The molecule has 0 radical (unpaired) electrons. The molecule has 4 heteroatoms. The van der Waals surface area contributed by atoms with E-state index in [1.54, 1.807) is 7.11 Å². The van der Waals surface area contributed by atoms with E-state index in [2.05, 4.69) is 18.7 Å². The van der Waals surface area contributed by atoms with Crippen molar-refractivity contribution in [3.63, 3.8) is 0 Å². The van der Waals surface area contributed by atoms with Crippen LogP contribution >= 0.6 is 0 Å². The van der Waals surface area contributed by atoms with E-state index in [4.69, 9.17) is 10.5 Å². The van der Waals surface area contributed by atoms with E-state index in [0.717, 1.165) is 25.9 Å². The van der Waals surface area contributed by atoms with Gasteiger partial charge >= 0.3 is 0 Å². The van der Waals surface area contributed by atoms with Gasteiger partial charge in [0.05, 0.1) is 11.1 Å². The number of carbonyl (C=O) groups excluding carboxylic acids is 1. The summed E-state index contributed by atoms with van der Waals surface area (Å²) in [6.07, 6.45) is 2.09. The number of carbonyl (C=O) groups is 1. The van der Waals surface area contributed by atoms with Crippen LogP contribution in [0.15, 0.2) is 0 Å². The Bertz CT molecular complexity index is 289. The number of amides is 1. The Balaban J connectivity index is 2.89. The lowest BCUT2D eigenvalue weighted by atomic mass is 9.80. The highest BCUT2D eigenvalue weighted by Gasteiger charge is 2.44. The summed E-state index contributed by atoms with van der Waals surface area (Å²) in [5.74, 6) is 0.159. The molecule has 1 atom stereocenters. The number of primary amides is 1. The largest absolute Gasteiger partial charge is 0.377 e. The van der Waals surface area contributed by atoms with Crippen LogP contribution in [0, 0.1) is 5.92 Å². The third kappa shape index (κ3) is 2.63. The number of nitrogens with two attached hydrogens (primary N) is 1. The van der Waals surface area contributed by atoms with Gasteiger partial charge in [0.1, 0.15) is 0 Å². The summed E-state index contributed by atoms with van der Waals surface area (Å²) in [5, 5.41) is 0. The van der Waals surface area contributed by atoms with Crippen LogP contribution in [0.1, 0.15) is 40.5 Å². The Kier molecular flexibility index (Phi) is 4.20. The van der Waals surface area contributed by atoms with Crippen LogP contribution in [0.2, 0.25) is 0 Å². The smallest absolute Gasteiger partial charge is 0.237 e. The number of methoxy groups -OCH3 is 1. The van der Waals surface area contributed by atoms with E-state index in [1.165, 1.54) is 0 Å². The fourth-order valence-corrected chi connectivity index (χ4v) is 2.56. The van der Waals surface area contributed by atoms with E-state index < -0.39 is 5.54 Å². The minimum Gasteiger partial charge on any atom is -0.377 e. The molecule has 1 fully saturated rings. The van der Waals surface area contributed by atoms with Crippen LogP contribution < -0.4 is 5.73 Å². The van der Waals surface area contributed by atoms with Crippen LogP contribution in [0.25, 0.3) is 0 Å². The first-order valence-corrected chi connectivity index (χ1v) is 6.36. The molecule has 1 saturated heterocycles. The van der Waals surface area contributed by atoms with Crippen LogP contribution in [0.3, 0.4) is 0 Å². The zero-order valence-corrected chi connectivity index (χ0v) is 11.7. The molecule has 1 amide bonds. The van der Waals surface area contributed by atoms with Gasteiger partial charge in [-0.3, -0.25) is 9.69 Å². The highest BCUT2D eigenvalue weighted by molar-refractivity contribution is 5.83. The van der Waals surface area contributed by atoms with E-state index in [1.807, 2.05) is 13.8 Å². The van der Waals surface area contributed by atoms with E-state index in [0.29, 0.717) is 5.92 Å². The number of ether oxygens (including phenoxy) is 1. The van der Waals surface area contributed by atoms with Crippen molar-refractivity contribution in [2.75, 3.05) is 20.2 Å². The standard InChI is InChI=1S/C13H26N2O2/c1-10(2)13(17-5)7-6-8-15(9-13)12(3,4)11(14)16/h10H,6-9H2,1-5H3,(H2,14,16). The molecule has 0 aromatic carbocycles. The van der Waals surface area contributed by atoms with Crippen LogP contribution in [0.5, 0.6) is 0 Å². The van der Waals surface area contributed by atoms with Crippen molar-refractivity contribution < 1.29 is 9.53 Å². The predicted octanol–water partition coefficient (Wildman–Crippen LogP) is 1.39. The van der Waals surface area contributed by atoms with Gasteiger partial charge in [-0.1, -0.05) is 13.8 Å². The molecule has 17 heavy (non-hydrogen) atoms. The molecular weight excluding hydrogens is 216 g/mol. The average molecular weight is 242 g/mol. The second-order valence-electron chi connectivity index (χ2n) is 5.87. The molecular formula is C13H26N2O2. The molecule has 0 aromatic rings. The monoisotopic (exact) mass is 242 g/mol. The quantitative estimate of drug-likeness (QED) is 0.810. The molecule has 2 N–H and O–H groups in total. The summed E-state index contributed by atoms with van der Waals surface area (Å²) < 4.78 is 5.75. The average Bonchev–Trinajstić information content (AvgIpc) is 2.28. The Morgan fingerprint density at radius 1 is 1.47 bits per heavy atom. The van der Waals surface area contributed by atoms with Crippen molar-refractivity contribution in [2.24, 2.45) is 11.7 Å². The number of piperidine rings is 1. The van der Waals surface area contributed by atoms with Crippen molar-refractivity contribution >= 4 is 5.91 Å². The molecule has 1 heterocycles. The minimum absolute atomic E-state index is 0.148. The van der Waals surface area contributed by atoms with Crippen molar-refractivity contribution in [1.29, 1.82) is 0 Å². The third-order valence-corrected chi connectivity index (χ3v) is 4.34. The molecule has 100 valence electrons. The topological polar surface area (TPSA) is 55.6 Å². The molecule has 4 nitrogen and oxygen atoms in total. The molecule has 1 aliphatic rings. The highest BCUT2D eigenvalue weighted by atomic mass is 16.5. The SMILES string of the molecule is COC1(C(C)C)CCCN(C(C)(C)C(N)=O)C1. The molecule has 0 aromatic heterocycles. The summed E-state index contributed by atoms with van der Waals surface area (Å²) in [6.45, 7) is 9.81. The fourth-order valence-electron chi connectivity index (χ4n) is 2.56. The summed E-state index contributed by atoms with van der Waals surface area (Å²) in [5.41, 5.74) is 4.74. The molecule has 0 spiro atoms. The summed E-state index contributed by atoms with van der Waals surface area (Å²) >= 11 is 0. The van der Waals surface area contributed by atoms with Crippen LogP contribution in [-0.2, 0) is 9.53 Å². The van der Waals surface area contributed by atoms with Crippen LogP contribution in [-0.4, -0.2) is 42.1 Å². The van der Waals surface area contributed by atoms with Gasteiger partial charge in [0, 0.05) is 13.7 Å². The zero-order chi connectivity index (χ0) is 13.3. The Morgan fingerprint density at radius 3 is 2.47 bits per heavy atom. The molecule has 0 aliphatic carbocycles. The summed E-state index contributed by atoms with van der Waals surface area (Å²) in [4.78, 5) is 13.7. The van der Waals surface area contributed by atoms with Gasteiger partial charge in [-0.15, -0.1) is 0 Å². The van der Waals surface area contributed by atoms with Crippen molar-refractivity contribution in [3.8, 4) is 0 Å². The van der Waals surface area contributed by atoms with Gasteiger partial charge in [0.2, 0.25) is 5.91 Å². The van der Waals surface area contributed by atoms with Crippen molar-refractivity contribution in [2.45, 2.75) is 51.7 Å². The molecule has 1 aliphatic heterocycles. The first-order chi connectivity index (χ1) is 7.76.